The first kappa shape index (κ1) is 13.3. The van der Waals surface area contributed by atoms with Crippen LogP contribution in [0.15, 0.2) is 4.99 Å². The summed E-state index contributed by atoms with van der Waals surface area (Å²) in [5, 5.41) is 0. The van der Waals surface area contributed by atoms with Crippen molar-refractivity contribution in [3.05, 3.63) is 0 Å². The molecule has 1 atom stereocenters. The van der Waals surface area contributed by atoms with Gasteiger partial charge in [-0.2, -0.15) is 0 Å². The molecule has 0 aromatic rings. The van der Waals surface area contributed by atoms with Gasteiger partial charge in [0.1, 0.15) is 0 Å². The smallest absolute Gasteiger partial charge is 0.191 e. The van der Waals surface area contributed by atoms with Crippen molar-refractivity contribution < 1.29 is 0 Å². The number of hydrogen-bond donors (Lipinski definition) is 1. The standard InChI is InChI=1S/C12H26N4/c1-12(2,3)14-11(13)16(5)10-7-6-8-15(4)9-10/h10H,6-9H2,1-5H3,(H2,13,14). The van der Waals surface area contributed by atoms with Crippen molar-refractivity contribution in [2.45, 2.75) is 45.2 Å². The zero-order valence-electron chi connectivity index (χ0n) is 11.3. The fourth-order valence-corrected chi connectivity index (χ4v) is 2.06. The molecule has 16 heavy (non-hydrogen) atoms. The van der Waals surface area contributed by atoms with Crippen LogP contribution in [0.1, 0.15) is 33.6 Å². The lowest BCUT2D eigenvalue weighted by molar-refractivity contribution is 0.180. The van der Waals surface area contributed by atoms with Gasteiger partial charge in [0.25, 0.3) is 0 Å². The number of nitrogens with two attached hydrogens (primary N) is 1. The maximum atomic E-state index is 6.04. The molecule has 1 aliphatic rings. The quantitative estimate of drug-likeness (QED) is 0.538. The van der Waals surface area contributed by atoms with Crippen LogP contribution >= 0.6 is 0 Å². The highest BCUT2D eigenvalue weighted by Crippen LogP contribution is 2.14. The zero-order valence-corrected chi connectivity index (χ0v) is 11.3. The summed E-state index contributed by atoms with van der Waals surface area (Å²) in [5.74, 6) is 0.660. The lowest BCUT2D eigenvalue weighted by Crippen LogP contribution is -2.50. The van der Waals surface area contributed by atoms with Crippen LogP contribution in [0.4, 0.5) is 0 Å². The third-order valence-electron chi connectivity index (χ3n) is 2.96. The predicted octanol–water partition coefficient (Wildman–Crippen LogP) is 1.13. The molecule has 0 saturated carbocycles. The van der Waals surface area contributed by atoms with Gasteiger partial charge < -0.3 is 15.5 Å². The number of guanidine groups is 1. The fourth-order valence-electron chi connectivity index (χ4n) is 2.06. The van der Waals surface area contributed by atoms with Gasteiger partial charge in [0.05, 0.1) is 5.54 Å². The van der Waals surface area contributed by atoms with Crippen molar-refractivity contribution >= 4 is 5.96 Å². The Bertz CT molecular complexity index is 254. The molecule has 2 N–H and O–H groups in total. The van der Waals surface area contributed by atoms with E-state index in [0.29, 0.717) is 12.0 Å². The van der Waals surface area contributed by atoms with Gasteiger partial charge >= 0.3 is 0 Å². The van der Waals surface area contributed by atoms with Crippen LogP contribution in [0.25, 0.3) is 0 Å². The van der Waals surface area contributed by atoms with E-state index >= 15 is 0 Å². The monoisotopic (exact) mass is 226 g/mol. The lowest BCUT2D eigenvalue weighted by atomic mass is 10.1. The van der Waals surface area contributed by atoms with Crippen LogP contribution in [0.5, 0.6) is 0 Å². The molecular weight excluding hydrogens is 200 g/mol. The molecule has 1 saturated heterocycles. The summed E-state index contributed by atoms with van der Waals surface area (Å²) in [4.78, 5) is 8.99. The van der Waals surface area contributed by atoms with Crippen molar-refractivity contribution in [1.29, 1.82) is 0 Å². The second-order valence-corrected chi connectivity index (χ2v) is 5.81. The Hall–Kier alpha value is -0.770. The SMILES string of the molecule is CN1CCCC(N(C)C(N)=NC(C)(C)C)C1. The minimum atomic E-state index is -0.0983. The van der Waals surface area contributed by atoms with E-state index in [2.05, 4.69) is 49.7 Å². The van der Waals surface area contributed by atoms with Crippen LogP contribution < -0.4 is 5.73 Å². The Morgan fingerprint density at radius 3 is 2.56 bits per heavy atom. The Kier molecular flexibility index (Phi) is 4.19. The summed E-state index contributed by atoms with van der Waals surface area (Å²) >= 11 is 0. The second kappa shape index (κ2) is 5.04. The Morgan fingerprint density at radius 1 is 1.44 bits per heavy atom. The van der Waals surface area contributed by atoms with E-state index in [0.717, 1.165) is 6.54 Å². The van der Waals surface area contributed by atoms with Crippen molar-refractivity contribution in [2.75, 3.05) is 27.2 Å². The molecule has 1 unspecified atom stereocenters. The molecule has 4 nitrogen and oxygen atoms in total. The summed E-state index contributed by atoms with van der Waals surface area (Å²) in [6.45, 7) is 8.49. The predicted molar refractivity (Wildman–Crippen MR) is 69.7 cm³/mol. The first-order valence-electron chi connectivity index (χ1n) is 6.06. The van der Waals surface area contributed by atoms with E-state index in [1.807, 2.05) is 0 Å². The molecular formula is C12H26N4. The highest BCUT2D eigenvalue weighted by Gasteiger charge is 2.23. The summed E-state index contributed by atoms with van der Waals surface area (Å²) in [6.07, 6.45) is 2.45. The third kappa shape index (κ3) is 4.00. The lowest BCUT2D eigenvalue weighted by Gasteiger charge is -2.36. The second-order valence-electron chi connectivity index (χ2n) is 5.81. The topological polar surface area (TPSA) is 44.9 Å². The van der Waals surface area contributed by atoms with Crippen LogP contribution in [-0.2, 0) is 0 Å². The number of piperidine rings is 1. The van der Waals surface area contributed by atoms with Gasteiger partial charge in [0, 0.05) is 19.6 Å². The third-order valence-corrected chi connectivity index (χ3v) is 2.96. The number of likely N-dealkylation sites (tertiary alicyclic amines) is 1. The van der Waals surface area contributed by atoms with Gasteiger partial charge in [0.15, 0.2) is 5.96 Å². The van der Waals surface area contributed by atoms with Gasteiger partial charge in [-0.3, -0.25) is 0 Å². The fraction of sp³-hybridized carbons (Fsp3) is 0.917. The van der Waals surface area contributed by atoms with E-state index < -0.39 is 0 Å². The first-order valence-corrected chi connectivity index (χ1v) is 6.06. The van der Waals surface area contributed by atoms with Crippen molar-refractivity contribution in [1.82, 2.24) is 9.80 Å². The molecule has 1 fully saturated rings. The van der Waals surface area contributed by atoms with E-state index in [4.69, 9.17) is 5.73 Å². The largest absolute Gasteiger partial charge is 0.370 e. The van der Waals surface area contributed by atoms with Gasteiger partial charge in [-0.25, -0.2) is 4.99 Å². The minimum absolute atomic E-state index is 0.0983. The number of likely N-dealkylation sites (N-methyl/N-ethyl adjacent to an activating group) is 2. The van der Waals surface area contributed by atoms with Crippen LogP contribution in [0.2, 0.25) is 0 Å². The molecule has 94 valence electrons. The number of rotatable bonds is 1. The number of nitrogens with zero attached hydrogens (tertiary/aromatic N) is 3. The minimum Gasteiger partial charge on any atom is -0.370 e. The maximum Gasteiger partial charge on any atom is 0.191 e. The van der Waals surface area contributed by atoms with Crippen LogP contribution in [0.3, 0.4) is 0 Å². The molecule has 4 heteroatoms. The molecule has 0 aromatic carbocycles. The average molecular weight is 226 g/mol. The summed E-state index contributed by atoms with van der Waals surface area (Å²) in [7, 11) is 4.21. The molecule has 0 aliphatic carbocycles. The normalized spacial score (nSPS) is 24.6. The first-order chi connectivity index (χ1) is 7.29. The van der Waals surface area contributed by atoms with E-state index in [9.17, 15) is 0 Å². The Morgan fingerprint density at radius 2 is 2.06 bits per heavy atom. The van der Waals surface area contributed by atoms with Crippen LogP contribution in [-0.4, -0.2) is 54.5 Å². The van der Waals surface area contributed by atoms with Crippen molar-refractivity contribution in [3.8, 4) is 0 Å². The van der Waals surface area contributed by atoms with Crippen LogP contribution in [0, 0.1) is 0 Å². The van der Waals surface area contributed by atoms with Crippen molar-refractivity contribution in [3.63, 3.8) is 0 Å². The highest BCUT2D eigenvalue weighted by molar-refractivity contribution is 5.78. The Balaban J connectivity index is 2.62. The van der Waals surface area contributed by atoms with Gasteiger partial charge in [-0.15, -0.1) is 0 Å². The summed E-state index contributed by atoms with van der Waals surface area (Å²) in [6, 6.07) is 0.504. The average Bonchev–Trinajstić information content (AvgIpc) is 2.14. The molecule has 1 aliphatic heterocycles. The zero-order chi connectivity index (χ0) is 12.3. The molecule has 0 bridgehead atoms. The molecule has 0 spiro atoms. The Labute approximate surface area is 99.5 Å². The molecule has 0 radical (unpaired) electrons. The number of aliphatic imine (C=N–C) groups is 1. The highest BCUT2D eigenvalue weighted by atomic mass is 15.3. The molecule has 1 rings (SSSR count). The van der Waals surface area contributed by atoms with Gasteiger partial charge in [0.2, 0.25) is 0 Å². The maximum absolute atomic E-state index is 6.04. The van der Waals surface area contributed by atoms with Crippen molar-refractivity contribution in [2.24, 2.45) is 10.7 Å². The summed E-state index contributed by atoms with van der Waals surface area (Å²) in [5.41, 5.74) is 5.94. The van der Waals surface area contributed by atoms with E-state index in [1.54, 1.807) is 0 Å². The summed E-state index contributed by atoms with van der Waals surface area (Å²) < 4.78 is 0. The molecule has 1 heterocycles. The molecule has 0 amide bonds. The van der Waals surface area contributed by atoms with E-state index in [1.165, 1.54) is 19.4 Å². The van der Waals surface area contributed by atoms with Gasteiger partial charge in [-0.05, 0) is 47.2 Å². The molecule has 0 aromatic heterocycles. The number of hydrogen-bond acceptors (Lipinski definition) is 2. The van der Waals surface area contributed by atoms with Gasteiger partial charge in [-0.1, -0.05) is 0 Å². The van der Waals surface area contributed by atoms with E-state index in [-0.39, 0.29) is 5.54 Å².